The minimum Gasteiger partial charge on any atom is -0.466 e. The fourth-order valence-corrected chi connectivity index (χ4v) is 8.54. The molecule has 0 aliphatic rings. The van der Waals surface area contributed by atoms with Gasteiger partial charge in [0, 0.05) is 45.1 Å². The number of esters is 2. The lowest BCUT2D eigenvalue weighted by molar-refractivity contribution is -0.161. The van der Waals surface area contributed by atoms with E-state index < -0.39 is 32.5 Å². The molecule has 62 heavy (non-hydrogen) atoms. The van der Waals surface area contributed by atoms with Crippen LogP contribution in [0.25, 0.3) is 0 Å². The third-order valence-corrected chi connectivity index (χ3v) is 13.1. The number of unbranched alkanes of at least 4 members (excludes halogenated alkanes) is 18. The van der Waals surface area contributed by atoms with Crippen LogP contribution in [-0.4, -0.2) is 56.3 Å². The van der Waals surface area contributed by atoms with Crippen molar-refractivity contribution in [3.63, 3.8) is 0 Å². The van der Waals surface area contributed by atoms with Crippen LogP contribution < -0.4 is 5.32 Å². The summed E-state index contributed by atoms with van der Waals surface area (Å²) in [7, 11) is -2.68. The van der Waals surface area contributed by atoms with E-state index in [1.54, 1.807) is 7.05 Å². The first-order chi connectivity index (χ1) is 29.9. The third kappa shape index (κ3) is 24.6. The number of hydrogen-bond donors (Lipinski definition) is 2. The van der Waals surface area contributed by atoms with E-state index >= 15 is 0 Å². The number of phosphoric ester groups is 1. The monoisotopic (exact) mass is 894 g/mol. The van der Waals surface area contributed by atoms with Gasteiger partial charge in [0.05, 0.1) is 13.2 Å². The van der Waals surface area contributed by atoms with Gasteiger partial charge in [0.1, 0.15) is 29.6 Å². The van der Waals surface area contributed by atoms with Crippen LogP contribution in [0, 0.1) is 27.7 Å². The van der Waals surface area contributed by atoms with Crippen molar-refractivity contribution >= 4 is 19.8 Å². The number of furan rings is 2. The SMILES string of the molecule is CCCCCc1oc(CCCCCCCCCCCCC(=O)O[C@H](COC(=O)CCCCCCCCc2oc(CCCCC)c(C)c2C)COP(=O)(O)OCCNC)c(C)c1C. The number of phosphoric acid groups is 1. The molecule has 1 unspecified atom stereocenters. The fraction of sp³-hybridized carbons (Fsp3) is 0.800. The molecule has 0 saturated heterocycles. The van der Waals surface area contributed by atoms with E-state index in [0.717, 1.165) is 88.6 Å². The van der Waals surface area contributed by atoms with Gasteiger partial charge in [0.2, 0.25) is 0 Å². The van der Waals surface area contributed by atoms with Gasteiger partial charge < -0.3 is 28.5 Å². The second-order valence-corrected chi connectivity index (χ2v) is 18.9. The normalized spacial score (nSPS) is 13.1. The van der Waals surface area contributed by atoms with Gasteiger partial charge in [-0.25, -0.2) is 4.57 Å². The maximum absolute atomic E-state index is 12.8. The van der Waals surface area contributed by atoms with Crippen molar-refractivity contribution in [2.75, 3.05) is 33.4 Å². The zero-order valence-electron chi connectivity index (χ0n) is 40.3. The van der Waals surface area contributed by atoms with Crippen molar-refractivity contribution in [1.82, 2.24) is 5.32 Å². The van der Waals surface area contributed by atoms with Gasteiger partial charge in [-0.3, -0.25) is 18.6 Å². The summed E-state index contributed by atoms with van der Waals surface area (Å²) in [6.45, 7) is 12.9. The molecule has 358 valence electrons. The molecule has 2 rings (SSSR count). The Balaban J connectivity index is 1.60. The van der Waals surface area contributed by atoms with Gasteiger partial charge in [-0.1, -0.05) is 117 Å². The van der Waals surface area contributed by atoms with Crippen LogP contribution in [0.2, 0.25) is 0 Å². The zero-order chi connectivity index (χ0) is 45.4. The second-order valence-electron chi connectivity index (χ2n) is 17.5. The van der Waals surface area contributed by atoms with Crippen LogP contribution in [0.15, 0.2) is 8.83 Å². The van der Waals surface area contributed by atoms with Gasteiger partial charge >= 0.3 is 19.8 Å². The molecule has 2 aromatic rings. The Morgan fingerprint density at radius 2 is 0.919 bits per heavy atom. The molecule has 2 N–H and O–H groups in total. The minimum atomic E-state index is -4.38. The van der Waals surface area contributed by atoms with Crippen LogP contribution in [0.3, 0.4) is 0 Å². The predicted molar refractivity (Wildman–Crippen MR) is 250 cm³/mol. The molecule has 0 aromatic carbocycles. The summed E-state index contributed by atoms with van der Waals surface area (Å²) in [5.41, 5.74) is 5.30. The lowest BCUT2D eigenvalue weighted by Crippen LogP contribution is -2.29. The number of nitrogens with one attached hydrogen (secondary N) is 1. The van der Waals surface area contributed by atoms with Crippen molar-refractivity contribution in [3.05, 3.63) is 45.3 Å². The Labute approximate surface area is 376 Å². The molecule has 2 heterocycles. The highest BCUT2D eigenvalue weighted by Crippen LogP contribution is 2.43. The standard InChI is InChI=1S/C50H88NO10P/c1-8-10-24-30-45-40(3)42(5)47(60-45)32-26-20-16-14-12-13-15-17-23-29-35-50(53)59-44(39-58-62(54,55)57-37-36-51-7)38-56-49(52)34-28-22-19-18-21-27-33-48-43(6)41(4)46(61-48)31-25-11-9-2/h44,51H,8-39H2,1-7H3,(H,54,55)/t44-/m1/s1. The van der Waals surface area contributed by atoms with Crippen molar-refractivity contribution in [3.8, 4) is 0 Å². The van der Waals surface area contributed by atoms with E-state index in [4.69, 9.17) is 27.4 Å². The molecular weight excluding hydrogens is 806 g/mol. The summed E-state index contributed by atoms with van der Waals surface area (Å²) in [5.74, 6) is 3.81. The molecule has 2 aromatic heterocycles. The van der Waals surface area contributed by atoms with Gasteiger partial charge in [-0.2, -0.15) is 0 Å². The molecule has 0 aliphatic carbocycles. The average molecular weight is 894 g/mol. The summed E-state index contributed by atoms with van der Waals surface area (Å²) < 4.78 is 45.9. The summed E-state index contributed by atoms with van der Waals surface area (Å²) in [4.78, 5) is 35.4. The Morgan fingerprint density at radius 1 is 0.548 bits per heavy atom. The number of carbonyl (C=O) groups is 2. The molecule has 0 aliphatic heterocycles. The topological polar surface area (TPSA) is 147 Å². The Morgan fingerprint density at radius 3 is 1.32 bits per heavy atom. The van der Waals surface area contributed by atoms with E-state index in [-0.39, 0.29) is 26.1 Å². The number of likely N-dealkylation sites (N-methyl/N-ethyl adjacent to an activating group) is 1. The molecule has 0 radical (unpaired) electrons. The number of ether oxygens (including phenoxy) is 2. The largest absolute Gasteiger partial charge is 0.472 e. The van der Waals surface area contributed by atoms with Crippen molar-refractivity contribution < 1.29 is 46.4 Å². The number of rotatable bonds is 40. The minimum absolute atomic E-state index is 0.0287. The van der Waals surface area contributed by atoms with Gasteiger partial charge in [-0.15, -0.1) is 0 Å². The van der Waals surface area contributed by atoms with Crippen LogP contribution in [0.1, 0.15) is 213 Å². The van der Waals surface area contributed by atoms with Crippen LogP contribution in [-0.2, 0) is 58.4 Å². The Kier molecular flexibility index (Phi) is 30.5. The van der Waals surface area contributed by atoms with Crippen LogP contribution in [0.5, 0.6) is 0 Å². The number of carbonyl (C=O) groups excluding carboxylic acids is 2. The first-order valence-electron chi connectivity index (χ1n) is 24.7. The van der Waals surface area contributed by atoms with E-state index in [1.165, 1.54) is 111 Å². The highest BCUT2D eigenvalue weighted by molar-refractivity contribution is 7.47. The van der Waals surface area contributed by atoms with E-state index in [0.29, 0.717) is 19.4 Å². The Hall–Kier alpha value is -2.43. The predicted octanol–water partition coefficient (Wildman–Crippen LogP) is 13.2. The molecule has 0 saturated carbocycles. The lowest BCUT2D eigenvalue weighted by Gasteiger charge is -2.20. The smallest absolute Gasteiger partial charge is 0.466 e. The molecule has 11 nitrogen and oxygen atoms in total. The average Bonchev–Trinajstić information content (AvgIpc) is 3.67. The van der Waals surface area contributed by atoms with Gasteiger partial charge in [0.15, 0.2) is 6.10 Å². The second kappa shape index (κ2) is 34.0. The summed E-state index contributed by atoms with van der Waals surface area (Å²) in [5, 5.41) is 2.83. The van der Waals surface area contributed by atoms with Crippen molar-refractivity contribution in [2.24, 2.45) is 0 Å². The summed E-state index contributed by atoms with van der Waals surface area (Å²) >= 11 is 0. The van der Waals surface area contributed by atoms with Crippen molar-refractivity contribution in [2.45, 2.75) is 227 Å². The molecule has 0 amide bonds. The summed E-state index contributed by atoms with van der Waals surface area (Å²) in [6.07, 6.45) is 27.9. The van der Waals surface area contributed by atoms with Gasteiger partial charge in [-0.05, 0) is 95.5 Å². The highest BCUT2D eigenvalue weighted by atomic mass is 31.2. The van der Waals surface area contributed by atoms with E-state index in [9.17, 15) is 19.0 Å². The van der Waals surface area contributed by atoms with Gasteiger partial charge in [0.25, 0.3) is 0 Å². The highest BCUT2D eigenvalue weighted by Gasteiger charge is 2.26. The Bertz CT molecular complexity index is 1530. The molecular formula is C50H88NO10P. The van der Waals surface area contributed by atoms with Crippen LogP contribution >= 0.6 is 7.82 Å². The number of hydrogen-bond acceptors (Lipinski definition) is 10. The summed E-state index contributed by atoms with van der Waals surface area (Å²) in [6, 6.07) is 0. The fourth-order valence-electron chi connectivity index (χ4n) is 7.79. The maximum Gasteiger partial charge on any atom is 0.472 e. The molecule has 0 bridgehead atoms. The molecule has 0 spiro atoms. The van der Waals surface area contributed by atoms with E-state index in [2.05, 4.69) is 46.9 Å². The third-order valence-electron chi connectivity index (χ3n) is 12.1. The van der Waals surface area contributed by atoms with E-state index in [1.807, 2.05) is 0 Å². The molecule has 0 fully saturated rings. The number of aryl methyl sites for hydroxylation is 4. The van der Waals surface area contributed by atoms with Crippen LogP contribution in [0.4, 0.5) is 0 Å². The molecule has 12 heteroatoms. The lowest BCUT2D eigenvalue weighted by atomic mass is 10.0. The van der Waals surface area contributed by atoms with Crippen molar-refractivity contribution in [1.29, 1.82) is 0 Å². The molecule has 2 atom stereocenters. The zero-order valence-corrected chi connectivity index (χ0v) is 41.2. The first kappa shape index (κ1) is 55.7. The first-order valence-corrected chi connectivity index (χ1v) is 26.2. The quantitative estimate of drug-likeness (QED) is 0.0374. The maximum atomic E-state index is 12.8.